The Morgan fingerprint density at radius 2 is 2.33 bits per heavy atom. The molecule has 1 aromatic rings. The van der Waals surface area contributed by atoms with E-state index in [4.69, 9.17) is 5.11 Å². The van der Waals surface area contributed by atoms with E-state index in [1.54, 1.807) is 4.90 Å². The second-order valence-electron chi connectivity index (χ2n) is 3.54. The molecule has 80 valence electrons. The summed E-state index contributed by atoms with van der Waals surface area (Å²) < 4.78 is 1.04. The summed E-state index contributed by atoms with van der Waals surface area (Å²) in [5.74, 6) is -0.00132. The van der Waals surface area contributed by atoms with E-state index >= 15 is 0 Å². The van der Waals surface area contributed by atoms with Crippen LogP contribution in [0.5, 0.6) is 0 Å². The molecule has 1 aromatic carbocycles. The van der Waals surface area contributed by atoms with Crippen LogP contribution in [0.3, 0.4) is 0 Å². The Kier molecular flexibility index (Phi) is 3.07. The minimum Gasteiger partial charge on any atom is -0.396 e. The largest absolute Gasteiger partial charge is 0.396 e. The maximum Gasteiger partial charge on any atom is 0.229 e. The molecule has 0 radical (unpaired) electrons. The number of amides is 1. The van der Waals surface area contributed by atoms with Crippen LogP contribution < -0.4 is 4.90 Å². The van der Waals surface area contributed by atoms with Gasteiger partial charge in [0.25, 0.3) is 0 Å². The van der Waals surface area contributed by atoms with Gasteiger partial charge in [0.15, 0.2) is 0 Å². The highest BCUT2D eigenvalue weighted by molar-refractivity contribution is 9.10. The minimum absolute atomic E-state index is 0.00132. The fourth-order valence-corrected chi connectivity index (χ4v) is 2.27. The number of benzene rings is 1. The van der Waals surface area contributed by atoms with Crippen LogP contribution in [0.25, 0.3) is 0 Å². The van der Waals surface area contributed by atoms with Gasteiger partial charge in [0, 0.05) is 16.7 Å². The fraction of sp³-hybridized carbons (Fsp3) is 0.364. The van der Waals surface area contributed by atoms with Gasteiger partial charge in [-0.2, -0.15) is 0 Å². The van der Waals surface area contributed by atoms with Crippen molar-refractivity contribution in [1.82, 2.24) is 0 Å². The van der Waals surface area contributed by atoms with Crippen molar-refractivity contribution in [3.8, 4) is 0 Å². The maximum atomic E-state index is 11.6. The first-order valence-electron chi connectivity index (χ1n) is 4.92. The Morgan fingerprint density at radius 1 is 1.53 bits per heavy atom. The lowest BCUT2D eigenvalue weighted by atomic mass is 10.2. The van der Waals surface area contributed by atoms with E-state index < -0.39 is 0 Å². The molecule has 0 saturated carbocycles. The first-order chi connectivity index (χ1) is 7.22. The van der Waals surface area contributed by atoms with Gasteiger partial charge in [0.2, 0.25) is 5.91 Å². The van der Waals surface area contributed by atoms with Gasteiger partial charge in [-0.25, -0.2) is 0 Å². The van der Waals surface area contributed by atoms with Crippen molar-refractivity contribution >= 4 is 27.5 Å². The van der Waals surface area contributed by atoms with Crippen molar-refractivity contribution in [1.29, 1.82) is 0 Å². The first-order valence-corrected chi connectivity index (χ1v) is 5.71. The van der Waals surface area contributed by atoms with Gasteiger partial charge in [-0.3, -0.25) is 4.79 Å². The third-order valence-electron chi connectivity index (χ3n) is 2.56. The predicted molar refractivity (Wildman–Crippen MR) is 61.9 cm³/mol. The van der Waals surface area contributed by atoms with E-state index in [0.29, 0.717) is 0 Å². The van der Waals surface area contributed by atoms with Gasteiger partial charge in [0.05, 0.1) is 13.0 Å². The van der Waals surface area contributed by atoms with Gasteiger partial charge in [-0.1, -0.05) is 15.9 Å². The Labute approximate surface area is 96.8 Å². The highest BCUT2D eigenvalue weighted by Gasteiger charge is 2.23. The molecule has 1 N–H and O–H groups in total. The van der Waals surface area contributed by atoms with E-state index in [1.807, 2.05) is 18.2 Å². The van der Waals surface area contributed by atoms with Gasteiger partial charge >= 0.3 is 0 Å². The van der Waals surface area contributed by atoms with E-state index in [1.165, 1.54) is 5.56 Å². The second-order valence-corrected chi connectivity index (χ2v) is 4.46. The number of fused-ring (bicyclic) bond motifs is 1. The molecule has 0 bridgehead atoms. The number of halogens is 1. The standard InChI is InChI=1S/C11H12BrNO2/c12-9-1-2-10-8(7-9)3-5-13(10)11(15)4-6-14/h1-2,7,14H,3-6H2. The highest BCUT2D eigenvalue weighted by Crippen LogP contribution is 2.30. The predicted octanol–water partition coefficient (Wildman–Crippen LogP) is 1.72. The number of aliphatic hydroxyl groups is 1. The molecule has 15 heavy (non-hydrogen) atoms. The molecule has 3 nitrogen and oxygen atoms in total. The summed E-state index contributed by atoms with van der Waals surface area (Å²) in [6, 6.07) is 5.92. The van der Waals surface area contributed by atoms with Crippen molar-refractivity contribution in [3.05, 3.63) is 28.2 Å². The van der Waals surface area contributed by atoms with Crippen LogP contribution in [-0.4, -0.2) is 24.2 Å². The van der Waals surface area contributed by atoms with Crippen LogP contribution in [-0.2, 0) is 11.2 Å². The molecular formula is C11H12BrNO2. The normalized spacial score (nSPS) is 14.1. The fourth-order valence-electron chi connectivity index (χ4n) is 1.86. The van der Waals surface area contributed by atoms with Gasteiger partial charge < -0.3 is 10.0 Å². The molecule has 0 aromatic heterocycles. The van der Waals surface area contributed by atoms with Crippen molar-refractivity contribution in [3.63, 3.8) is 0 Å². The van der Waals surface area contributed by atoms with Crippen LogP contribution in [0.4, 0.5) is 5.69 Å². The summed E-state index contributed by atoms with van der Waals surface area (Å²) in [6.07, 6.45) is 1.10. The smallest absolute Gasteiger partial charge is 0.229 e. The highest BCUT2D eigenvalue weighted by atomic mass is 79.9. The zero-order valence-electron chi connectivity index (χ0n) is 8.24. The number of anilines is 1. The number of rotatable bonds is 2. The molecule has 0 unspecified atom stereocenters. The summed E-state index contributed by atoms with van der Waals surface area (Å²) in [4.78, 5) is 13.4. The van der Waals surface area contributed by atoms with Crippen molar-refractivity contribution < 1.29 is 9.90 Å². The number of nitrogens with zero attached hydrogens (tertiary/aromatic N) is 1. The maximum absolute atomic E-state index is 11.6. The molecule has 4 heteroatoms. The molecular weight excluding hydrogens is 258 g/mol. The average Bonchev–Trinajstić information content (AvgIpc) is 2.60. The van der Waals surface area contributed by atoms with Crippen LogP contribution in [0.1, 0.15) is 12.0 Å². The molecule has 0 spiro atoms. The van der Waals surface area contributed by atoms with Crippen molar-refractivity contribution in [2.45, 2.75) is 12.8 Å². The third-order valence-corrected chi connectivity index (χ3v) is 3.06. The van der Waals surface area contributed by atoms with Gasteiger partial charge in [-0.05, 0) is 30.2 Å². The van der Waals surface area contributed by atoms with Crippen molar-refractivity contribution in [2.24, 2.45) is 0 Å². The Hall–Kier alpha value is -0.870. The Bertz CT molecular complexity index is 392. The quantitative estimate of drug-likeness (QED) is 0.889. The molecule has 1 aliphatic heterocycles. The van der Waals surface area contributed by atoms with Crippen LogP contribution in [0, 0.1) is 0 Å². The van der Waals surface area contributed by atoms with E-state index in [-0.39, 0.29) is 18.9 Å². The summed E-state index contributed by atoms with van der Waals surface area (Å²) in [5, 5.41) is 8.73. The minimum atomic E-state index is -0.0821. The lowest BCUT2D eigenvalue weighted by Crippen LogP contribution is -2.29. The number of aliphatic hydroxyl groups excluding tert-OH is 1. The number of carbonyl (C=O) groups is 1. The third kappa shape index (κ3) is 2.06. The molecule has 2 rings (SSSR count). The lowest BCUT2D eigenvalue weighted by molar-refractivity contribution is -0.119. The molecule has 0 atom stereocenters. The van der Waals surface area contributed by atoms with Crippen LogP contribution in [0.2, 0.25) is 0 Å². The van der Waals surface area contributed by atoms with E-state index in [0.717, 1.165) is 23.1 Å². The second kappa shape index (κ2) is 4.33. The number of carbonyl (C=O) groups excluding carboxylic acids is 1. The summed E-state index contributed by atoms with van der Waals surface area (Å²) in [6.45, 7) is 0.645. The monoisotopic (exact) mass is 269 g/mol. The van der Waals surface area contributed by atoms with E-state index in [9.17, 15) is 4.79 Å². The van der Waals surface area contributed by atoms with Gasteiger partial charge in [-0.15, -0.1) is 0 Å². The number of hydrogen-bond acceptors (Lipinski definition) is 2. The molecule has 0 saturated heterocycles. The first kappa shape index (κ1) is 10.6. The summed E-state index contributed by atoms with van der Waals surface area (Å²) in [5.41, 5.74) is 2.17. The summed E-state index contributed by atoms with van der Waals surface area (Å²) in [7, 11) is 0. The summed E-state index contributed by atoms with van der Waals surface area (Å²) >= 11 is 3.41. The molecule has 1 amide bonds. The molecule has 0 fully saturated rings. The average molecular weight is 270 g/mol. The van der Waals surface area contributed by atoms with Crippen LogP contribution >= 0.6 is 15.9 Å². The molecule has 1 aliphatic rings. The van der Waals surface area contributed by atoms with Crippen molar-refractivity contribution in [2.75, 3.05) is 18.1 Å². The van der Waals surface area contributed by atoms with Gasteiger partial charge in [0.1, 0.15) is 0 Å². The Balaban J connectivity index is 2.25. The Morgan fingerprint density at radius 3 is 3.07 bits per heavy atom. The van der Waals surface area contributed by atoms with E-state index in [2.05, 4.69) is 15.9 Å². The SMILES string of the molecule is O=C(CCO)N1CCc2cc(Br)ccc21. The van der Waals surface area contributed by atoms with Crippen LogP contribution in [0.15, 0.2) is 22.7 Å². The lowest BCUT2D eigenvalue weighted by Gasteiger charge is -2.16. The molecule has 0 aliphatic carbocycles. The number of hydrogen-bond donors (Lipinski definition) is 1. The topological polar surface area (TPSA) is 40.5 Å². The molecule has 1 heterocycles. The zero-order chi connectivity index (χ0) is 10.8. The zero-order valence-corrected chi connectivity index (χ0v) is 9.83.